The second-order valence-corrected chi connectivity index (χ2v) is 10.2. The summed E-state index contributed by atoms with van der Waals surface area (Å²) in [7, 11) is 0. The average Bonchev–Trinajstić information content (AvgIpc) is 3.47. The highest BCUT2D eigenvalue weighted by molar-refractivity contribution is 6.36. The van der Waals surface area contributed by atoms with Gasteiger partial charge in [0.2, 0.25) is 0 Å². The number of halogens is 3. The van der Waals surface area contributed by atoms with Crippen LogP contribution in [0.4, 0.5) is 21.5 Å². The van der Waals surface area contributed by atoms with Gasteiger partial charge in [-0.05, 0) is 48.0 Å². The Labute approximate surface area is 250 Å². The van der Waals surface area contributed by atoms with E-state index in [0.717, 1.165) is 11.3 Å². The van der Waals surface area contributed by atoms with Crippen molar-refractivity contribution in [2.24, 2.45) is 0 Å². The van der Waals surface area contributed by atoms with Gasteiger partial charge in [0.05, 0.1) is 51.3 Å². The highest BCUT2D eigenvalue weighted by atomic mass is 35.5. The second-order valence-electron chi connectivity index (χ2n) is 9.42. The summed E-state index contributed by atoms with van der Waals surface area (Å²) in [5, 5.41) is 26.3. The van der Waals surface area contributed by atoms with Crippen molar-refractivity contribution < 1.29 is 4.39 Å². The van der Waals surface area contributed by atoms with Crippen LogP contribution < -0.4 is 10.6 Å². The number of pyridine rings is 2. The molecule has 0 aliphatic rings. The van der Waals surface area contributed by atoms with Crippen LogP contribution in [0.15, 0.2) is 97.5 Å². The first-order chi connectivity index (χ1) is 20.5. The van der Waals surface area contributed by atoms with Crippen LogP contribution in [0.25, 0.3) is 10.9 Å². The predicted octanol–water partition coefficient (Wildman–Crippen LogP) is 7.53. The van der Waals surface area contributed by atoms with Crippen molar-refractivity contribution in [2.75, 3.05) is 10.6 Å². The summed E-state index contributed by atoms with van der Waals surface area (Å²) >= 11 is 12.7. The van der Waals surface area contributed by atoms with Gasteiger partial charge in [0.1, 0.15) is 17.6 Å². The maximum absolute atomic E-state index is 13.8. The lowest BCUT2D eigenvalue weighted by Crippen LogP contribution is -2.13. The van der Waals surface area contributed by atoms with E-state index in [4.69, 9.17) is 23.2 Å². The molecule has 0 saturated heterocycles. The second kappa shape index (κ2) is 11.8. The number of anilines is 3. The molecule has 8 nitrogen and oxygen atoms in total. The first-order valence-electron chi connectivity index (χ1n) is 12.8. The molecule has 3 aromatic heterocycles. The molecule has 6 rings (SSSR count). The van der Waals surface area contributed by atoms with Crippen LogP contribution in [-0.4, -0.2) is 25.0 Å². The van der Waals surface area contributed by atoms with E-state index in [9.17, 15) is 9.65 Å². The Bertz CT molecular complexity index is 1920. The largest absolute Gasteiger partial charge is 0.373 e. The molecule has 2 N–H and O–H groups in total. The van der Waals surface area contributed by atoms with Crippen molar-refractivity contribution in [3.8, 4) is 6.07 Å². The van der Waals surface area contributed by atoms with Gasteiger partial charge in [-0.15, -0.1) is 5.10 Å². The summed E-state index contributed by atoms with van der Waals surface area (Å²) in [6.45, 7) is 0.474. The number of hydrogen-bond acceptors (Lipinski definition) is 7. The molecule has 0 amide bonds. The molecule has 6 aromatic rings. The molecule has 0 radical (unpaired) electrons. The molecule has 3 aromatic carbocycles. The van der Waals surface area contributed by atoms with Crippen molar-refractivity contribution >= 4 is 51.2 Å². The van der Waals surface area contributed by atoms with E-state index < -0.39 is 5.82 Å². The fourth-order valence-electron chi connectivity index (χ4n) is 4.60. The van der Waals surface area contributed by atoms with E-state index in [0.29, 0.717) is 45.2 Å². The topological polar surface area (TPSA) is 104 Å². The number of rotatable bonds is 8. The lowest BCUT2D eigenvalue weighted by molar-refractivity contribution is 0.628. The maximum atomic E-state index is 13.8. The molecule has 1 atom stereocenters. The average molecular weight is 595 g/mol. The number of fused-ring (bicyclic) bond motifs is 1. The lowest BCUT2D eigenvalue weighted by atomic mass is 10.0. The fraction of sp³-hybridized carbons (Fsp3) is 0.0645. The van der Waals surface area contributed by atoms with Crippen molar-refractivity contribution in [1.29, 1.82) is 5.26 Å². The Morgan fingerprint density at radius 2 is 1.74 bits per heavy atom. The number of nitriles is 1. The standard InChI is InChI=1S/C31H21Cl2FN8/c32-25-13-21(9-10-27(25)34)38-29-20(15-35)16-37-31-24(29)12-23(14-26(31)33)39-30(19-6-2-1-3-7-19)28-18-42(41-40-28)17-22-8-4-5-11-36-22/h1-14,16,18,30,39H,17H2,(H,37,38)/t30-/m0/s1. The van der Waals surface area contributed by atoms with Crippen LogP contribution in [0.1, 0.15) is 28.6 Å². The Morgan fingerprint density at radius 1 is 0.929 bits per heavy atom. The molecule has 0 unspecified atom stereocenters. The number of nitrogens with zero attached hydrogens (tertiary/aromatic N) is 6. The zero-order valence-corrected chi connectivity index (χ0v) is 23.4. The van der Waals surface area contributed by atoms with Gasteiger partial charge >= 0.3 is 0 Å². The Hall–Kier alpha value is -5.04. The highest BCUT2D eigenvalue weighted by Crippen LogP contribution is 2.37. The molecule has 0 aliphatic carbocycles. The summed E-state index contributed by atoms with van der Waals surface area (Å²) in [4.78, 5) is 8.80. The van der Waals surface area contributed by atoms with Gasteiger partial charge in [-0.3, -0.25) is 9.97 Å². The number of benzene rings is 3. The Morgan fingerprint density at radius 3 is 2.50 bits per heavy atom. The third-order valence-electron chi connectivity index (χ3n) is 6.58. The monoisotopic (exact) mass is 594 g/mol. The Kier molecular flexibility index (Phi) is 7.64. The molecule has 11 heteroatoms. The molecule has 206 valence electrons. The molecular weight excluding hydrogens is 574 g/mol. The summed E-state index contributed by atoms with van der Waals surface area (Å²) in [6.07, 6.45) is 5.06. The first kappa shape index (κ1) is 27.1. The number of aromatic nitrogens is 5. The van der Waals surface area contributed by atoms with Crippen molar-refractivity contribution in [1.82, 2.24) is 25.0 Å². The molecule has 0 bridgehead atoms. The zero-order chi connectivity index (χ0) is 29.1. The van der Waals surface area contributed by atoms with E-state index in [2.05, 4.69) is 37.0 Å². The summed E-state index contributed by atoms with van der Waals surface area (Å²) in [5.74, 6) is -0.541. The van der Waals surface area contributed by atoms with Gasteiger partial charge in [-0.1, -0.05) is 64.8 Å². The van der Waals surface area contributed by atoms with Gasteiger partial charge in [-0.2, -0.15) is 5.26 Å². The minimum absolute atomic E-state index is 0.0425. The van der Waals surface area contributed by atoms with Gasteiger partial charge in [0.15, 0.2) is 0 Å². The zero-order valence-electron chi connectivity index (χ0n) is 21.8. The first-order valence-corrected chi connectivity index (χ1v) is 13.6. The van der Waals surface area contributed by atoms with Crippen molar-refractivity contribution in [2.45, 2.75) is 12.6 Å². The van der Waals surface area contributed by atoms with Gasteiger partial charge < -0.3 is 10.6 Å². The highest BCUT2D eigenvalue weighted by Gasteiger charge is 2.20. The van der Waals surface area contributed by atoms with Crippen LogP contribution in [0, 0.1) is 17.1 Å². The molecule has 3 heterocycles. The summed E-state index contributed by atoms with van der Waals surface area (Å²) in [5.41, 5.74) is 4.93. The van der Waals surface area contributed by atoms with E-state index in [1.807, 2.05) is 60.8 Å². The van der Waals surface area contributed by atoms with Crippen LogP contribution in [-0.2, 0) is 6.54 Å². The van der Waals surface area contributed by atoms with E-state index in [-0.39, 0.29) is 16.6 Å². The fourth-order valence-corrected chi connectivity index (χ4v) is 5.05. The Balaban J connectivity index is 1.40. The van der Waals surface area contributed by atoms with Crippen molar-refractivity contribution in [3.63, 3.8) is 0 Å². The van der Waals surface area contributed by atoms with Crippen molar-refractivity contribution in [3.05, 3.63) is 136 Å². The maximum Gasteiger partial charge on any atom is 0.141 e. The van der Waals surface area contributed by atoms with Crippen LogP contribution >= 0.6 is 23.2 Å². The van der Waals surface area contributed by atoms with E-state index in [1.54, 1.807) is 16.9 Å². The lowest BCUT2D eigenvalue weighted by Gasteiger charge is -2.20. The third-order valence-corrected chi connectivity index (χ3v) is 7.16. The molecule has 42 heavy (non-hydrogen) atoms. The number of nitrogens with one attached hydrogen (secondary N) is 2. The quantitative estimate of drug-likeness (QED) is 0.187. The molecule has 0 saturated carbocycles. The SMILES string of the molecule is N#Cc1cnc2c(Cl)cc(N[C@@H](c3ccccc3)c3cn(Cc4ccccn4)nn3)cc2c1Nc1ccc(F)c(Cl)c1. The summed E-state index contributed by atoms with van der Waals surface area (Å²) in [6, 6.07) is 25.2. The smallest absolute Gasteiger partial charge is 0.141 e. The molecule has 0 fully saturated rings. The van der Waals surface area contributed by atoms with Gasteiger partial charge in [0.25, 0.3) is 0 Å². The minimum Gasteiger partial charge on any atom is -0.373 e. The predicted molar refractivity (Wildman–Crippen MR) is 161 cm³/mol. The van der Waals surface area contributed by atoms with Crippen LogP contribution in [0.5, 0.6) is 0 Å². The van der Waals surface area contributed by atoms with E-state index in [1.165, 1.54) is 24.4 Å². The molecule has 0 spiro atoms. The minimum atomic E-state index is -0.541. The van der Waals surface area contributed by atoms with Gasteiger partial charge in [0, 0.05) is 29.2 Å². The van der Waals surface area contributed by atoms with Crippen LogP contribution in [0.2, 0.25) is 10.0 Å². The van der Waals surface area contributed by atoms with E-state index >= 15 is 0 Å². The van der Waals surface area contributed by atoms with Gasteiger partial charge in [-0.25, -0.2) is 9.07 Å². The molecule has 0 aliphatic heterocycles. The normalized spacial score (nSPS) is 11.7. The number of hydrogen-bond donors (Lipinski definition) is 2. The summed E-state index contributed by atoms with van der Waals surface area (Å²) < 4.78 is 15.5. The van der Waals surface area contributed by atoms with Crippen LogP contribution in [0.3, 0.4) is 0 Å². The molecular formula is C31H21Cl2FN8. The third kappa shape index (κ3) is 5.72.